The fourth-order valence-electron chi connectivity index (χ4n) is 1.38. The monoisotopic (exact) mass is 253 g/mol. The first-order valence-corrected chi connectivity index (χ1v) is 5.75. The number of thiazole rings is 1. The number of rotatable bonds is 3. The van der Waals surface area contributed by atoms with Crippen LogP contribution in [0.4, 0.5) is 8.78 Å². The Bertz CT molecular complexity index is 551. The molecule has 1 aromatic carbocycles. The lowest BCUT2D eigenvalue weighted by molar-refractivity contribution is 0.102. The van der Waals surface area contributed by atoms with Crippen LogP contribution in [0.15, 0.2) is 30.5 Å². The van der Waals surface area contributed by atoms with E-state index < -0.39 is 6.43 Å². The first-order valence-electron chi connectivity index (χ1n) is 4.93. The third-order valence-electron chi connectivity index (χ3n) is 2.24. The Balaban J connectivity index is 2.38. The van der Waals surface area contributed by atoms with Crippen molar-refractivity contribution in [1.29, 1.82) is 0 Å². The molecule has 1 aromatic heterocycles. The fourth-order valence-corrected chi connectivity index (χ4v) is 2.19. The van der Waals surface area contributed by atoms with Crippen LogP contribution < -0.4 is 0 Å². The molecule has 0 radical (unpaired) electrons. The molecular formula is C12H9F2NOS. The summed E-state index contributed by atoms with van der Waals surface area (Å²) in [5, 5.41) is 0.581. The first-order chi connectivity index (χ1) is 8.08. The van der Waals surface area contributed by atoms with Gasteiger partial charge in [-0.2, -0.15) is 0 Å². The van der Waals surface area contributed by atoms with E-state index in [-0.39, 0.29) is 11.3 Å². The molecule has 0 aliphatic rings. The molecule has 0 aliphatic heterocycles. The summed E-state index contributed by atoms with van der Waals surface area (Å²) in [4.78, 5) is 15.7. The van der Waals surface area contributed by atoms with Gasteiger partial charge in [-0.1, -0.05) is 18.2 Å². The summed E-state index contributed by atoms with van der Waals surface area (Å²) in [5.41, 5.74) is 0.572. The predicted octanol–water partition coefficient (Wildman–Crippen LogP) is 3.95. The zero-order valence-corrected chi connectivity index (χ0v) is 9.80. The van der Waals surface area contributed by atoms with E-state index in [4.69, 9.17) is 0 Å². The average molecular weight is 253 g/mol. The largest absolute Gasteiger partial charge is 0.294 e. The third kappa shape index (κ3) is 2.55. The van der Waals surface area contributed by atoms with E-state index in [0.29, 0.717) is 15.4 Å². The predicted molar refractivity (Wildman–Crippen MR) is 62.5 cm³/mol. The summed E-state index contributed by atoms with van der Waals surface area (Å²) < 4.78 is 25.1. The van der Waals surface area contributed by atoms with E-state index in [1.807, 2.05) is 0 Å². The molecule has 0 amide bonds. The second-order valence-electron chi connectivity index (χ2n) is 3.51. The Morgan fingerprint density at radius 2 is 2.18 bits per heavy atom. The number of aromatic nitrogens is 1. The zero-order chi connectivity index (χ0) is 12.4. The van der Waals surface area contributed by atoms with Gasteiger partial charge in [0.1, 0.15) is 5.01 Å². The average Bonchev–Trinajstić information content (AvgIpc) is 2.78. The van der Waals surface area contributed by atoms with Crippen molar-refractivity contribution in [3.8, 4) is 10.6 Å². The molecule has 0 atom stereocenters. The topological polar surface area (TPSA) is 30.0 Å². The molecule has 2 rings (SSSR count). The van der Waals surface area contributed by atoms with Crippen molar-refractivity contribution in [2.75, 3.05) is 0 Å². The Labute approximate surface area is 101 Å². The Morgan fingerprint density at radius 1 is 1.41 bits per heavy atom. The van der Waals surface area contributed by atoms with Gasteiger partial charge in [-0.15, -0.1) is 11.3 Å². The third-order valence-corrected chi connectivity index (χ3v) is 3.39. The Hall–Kier alpha value is -1.62. The number of alkyl halides is 2. The van der Waals surface area contributed by atoms with E-state index in [0.717, 1.165) is 0 Å². The van der Waals surface area contributed by atoms with Crippen LogP contribution in [0.3, 0.4) is 0 Å². The summed E-state index contributed by atoms with van der Waals surface area (Å²) in [6, 6.07) is 6.03. The van der Waals surface area contributed by atoms with Gasteiger partial charge in [0.05, 0.1) is 4.88 Å². The summed E-state index contributed by atoms with van der Waals surface area (Å²) in [6.45, 7) is 1.45. The van der Waals surface area contributed by atoms with Crippen LogP contribution in [0, 0.1) is 0 Å². The minimum atomic E-state index is -2.50. The van der Waals surface area contributed by atoms with Gasteiger partial charge >= 0.3 is 0 Å². The maximum Gasteiger partial charge on any atom is 0.263 e. The van der Waals surface area contributed by atoms with Crippen LogP contribution in [0.2, 0.25) is 0 Å². The Kier molecular flexibility index (Phi) is 3.28. The van der Waals surface area contributed by atoms with Crippen molar-refractivity contribution >= 4 is 17.1 Å². The standard InChI is InChI=1S/C12H9F2NOS/c1-7(16)10-6-15-12(17-10)9-4-2-3-8(5-9)11(13)14/h2-6,11H,1H3. The molecule has 88 valence electrons. The maximum absolute atomic E-state index is 12.5. The van der Waals surface area contributed by atoms with Gasteiger partial charge < -0.3 is 0 Å². The SMILES string of the molecule is CC(=O)c1cnc(-c2cccc(C(F)F)c2)s1. The lowest BCUT2D eigenvalue weighted by Crippen LogP contribution is -1.84. The van der Waals surface area contributed by atoms with Crippen molar-refractivity contribution < 1.29 is 13.6 Å². The summed E-state index contributed by atoms with van der Waals surface area (Å²) in [5.74, 6) is -0.0706. The lowest BCUT2D eigenvalue weighted by Gasteiger charge is -2.01. The molecule has 0 spiro atoms. The number of carbonyl (C=O) groups is 1. The van der Waals surface area contributed by atoms with Gasteiger partial charge in [0, 0.05) is 24.2 Å². The minimum absolute atomic E-state index is 0.0397. The van der Waals surface area contributed by atoms with Crippen LogP contribution in [0.25, 0.3) is 10.6 Å². The van der Waals surface area contributed by atoms with Gasteiger partial charge in [-0.05, 0) is 6.07 Å². The highest BCUT2D eigenvalue weighted by atomic mass is 32.1. The summed E-state index contributed by atoms with van der Waals surface area (Å²) in [6.07, 6.45) is -1.03. The molecular weight excluding hydrogens is 244 g/mol. The number of Topliss-reactive ketones (excluding diaryl/α,β-unsaturated/α-hetero) is 1. The highest BCUT2D eigenvalue weighted by molar-refractivity contribution is 7.16. The van der Waals surface area contributed by atoms with Crippen molar-refractivity contribution in [1.82, 2.24) is 4.98 Å². The van der Waals surface area contributed by atoms with Gasteiger partial charge in [0.15, 0.2) is 5.78 Å². The summed E-state index contributed by atoms with van der Waals surface area (Å²) in [7, 11) is 0. The highest BCUT2D eigenvalue weighted by Crippen LogP contribution is 2.28. The van der Waals surface area contributed by atoms with Crippen molar-refractivity contribution in [3.63, 3.8) is 0 Å². The van der Waals surface area contributed by atoms with Crippen LogP contribution in [-0.2, 0) is 0 Å². The van der Waals surface area contributed by atoms with Crippen LogP contribution in [-0.4, -0.2) is 10.8 Å². The number of nitrogens with zero attached hydrogens (tertiary/aromatic N) is 1. The molecule has 2 aromatic rings. The molecule has 5 heteroatoms. The van der Waals surface area contributed by atoms with Crippen LogP contribution >= 0.6 is 11.3 Å². The molecule has 0 unspecified atom stereocenters. The molecule has 0 fully saturated rings. The number of ketones is 1. The van der Waals surface area contributed by atoms with E-state index in [1.54, 1.807) is 12.1 Å². The van der Waals surface area contributed by atoms with Crippen molar-refractivity contribution in [2.45, 2.75) is 13.3 Å². The lowest BCUT2D eigenvalue weighted by atomic mass is 10.1. The molecule has 0 aliphatic carbocycles. The quantitative estimate of drug-likeness (QED) is 0.775. The number of hydrogen-bond acceptors (Lipinski definition) is 3. The first kappa shape index (κ1) is 11.9. The Morgan fingerprint density at radius 3 is 2.76 bits per heavy atom. The van der Waals surface area contributed by atoms with Gasteiger partial charge in [-0.25, -0.2) is 13.8 Å². The maximum atomic E-state index is 12.5. The van der Waals surface area contributed by atoms with Crippen LogP contribution in [0.1, 0.15) is 28.6 Å². The number of halogens is 2. The van der Waals surface area contributed by atoms with Gasteiger partial charge in [-0.3, -0.25) is 4.79 Å². The van der Waals surface area contributed by atoms with Crippen LogP contribution in [0.5, 0.6) is 0 Å². The molecule has 0 bridgehead atoms. The molecule has 17 heavy (non-hydrogen) atoms. The second-order valence-corrected chi connectivity index (χ2v) is 4.54. The minimum Gasteiger partial charge on any atom is -0.294 e. The molecule has 0 N–H and O–H groups in total. The molecule has 0 saturated heterocycles. The van der Waals surface area contributed by atoms with E-state index in [1.165, 1.54) is 36.6 Å². The van der Waals surface area contributed by atoms with E-state index >= 15 is 0 Å². The highest BCUT2D eigenvalue weighted by Gasteiger charge is 2.11. The van der Waals surface area contributed by atoms with Gasteiger partial charge in [0.25, 0.3) is 6.43 Å². The number of benzene rings is 1. The molecule has 2 nitrogen and oxygen atoms in total. The zero-order valence-electron chi connectivity index (χ0n) is 8.98. The fraction of sp³-hybridized carbons (Fsp3) is 0.167. The molecule has 1 heterocycles. The summed E-state index contributed by atoms with van der Waals surface area (Å²) >= 11 is 1.21. The van der Waals surface area contributed by atoms with Crippen molar-refractivity contribution in [3.05, 3.63) is 40.9 Å². The number of hydrogen-bond donors (Lipinski definition) is 0. The second kappa shape index (κ2) is 4.71. The smallest absolute Gasteiger partial charge is 0.263 e. The molecule has 0 saturated carbocycles. The van der Waals surface area contributed by atoms with E-state index in [9.17, 15) is 13.6 Å². The normalized spacial score (nSPS) is 10.8. The van der Waals surface area contributed by atoms with Crippen molar-refractivity contribution in [2.24, 2.45) is 0 Å². The van der Waals surface area contributed by atoms with Gasteiger partial charge in [0.2, 0.25) is 0 Å². The number of carbonyl (C=O) groups excluding carboxylic acids is 1. The van der Waals surface area contributed by atoms with E-state index in [2.05, 4.69) is 4.98 Å².